The van der Waals surface area contributed by atoms with Crippen LogP contribution in [0.5, 0.6) is 0 Å². The molecule has 0 radical (unpaired) electrons. The minimum atomic E-state index is -0.0708. The molecule has 0 bridgehead atoms. The van der Waals surface area contributed by atoms with Crippen molar-refractivity contribution in [3.05, 3.63) is 0 Å². The highest BCUT2D eigenvalue weighted by Crippen LogP contribution is 2.15. The molecule has 62 valence electrons. The van der Waals surface area contributed by atoms with Crippen molar-refractivity contribution in [2.45, 2.75) is 44.2 Å². The lowest BCUT2D eigenvalue weighted by Gasteiger charge is -2.05. The molecule has 1 fully saturated rings. The van der Waals surface area contributed by atoms with Crippen LogP contribution in [-0.4, -0.2) is 17.3 Å². The van der Waals surface area contributed by atoms with Gasteiger partial charge in [-0.3, -0.25) is 0 Å². The van der Waals surface area contributed by atoms with Crippen molar-refractivity contribution in [2.24, 2.45) is 5.73 Å². The number of aliphatic hydroxyl groups is 1. The fourth-order valence-electron chi connectivity index (χ4n) is 1.31. The molecule has 0 heterocycles. The summed E-state index contributed by atoms with van der Waals surface area (Å²) in [6.07, 6.45) is 4.98. The van der Waals surface area contributed by atoms with E-state index in [4.69, 9.17) is 10.8 Å². The van der Waals surface area contributed by atoms with Crippen molar-refractivity contribution in [3.8, 4) is 0 Å². The molecule has 0 amide bonds. The minimum absolute atomic E-state index is 0. The molecule has 10 heavy (non-hydrogen) atoms. The van der Waals surface area contributed by atoms with E-state index in [1.807, 2.05) is 0 Å². The zero-order valence-corrected chi connectivity index (χ0v) is 6.94. The Balaban J connectivity index is 0.000000810. The summed E-state index contributed by atoms with van der Waals surface area (Å²) in [6, 6.07) is 0.349. The maximum Gasteiger partial charge on any atom is 0.0540 e. The average molecular weight is 166 g/mol. The first-order valence-corrected chi connectivity index (χ1v) is 3.72. The van der Waals surface area contributed by atoms with Crippen LogP contribution in [0.1, 0.15) is 32.1 Å². The Morgan fingerprint density at radius 2 is 1.80 bits per heavy atom. The van der Waals surface area contributed by atoms with Gasteiger partial charge < -0.3 is 10.8 Å². The van der Waals surface area contributed by atoms with Crippen LogP contribution in [-0.2, 0) is 0 Å². The summed E-state index contributed by atoms with van der Waals surface area (Å²) in [4.78, 5) is 0. The van der Waals surface area contributed by atoms with Crippen LogP contribution in [0.3, 0.4) is 0 Å². The van der Waals surface area contributed by atoms with Gasteiger partial charge in [-0.05, 0) is 32.1 Å². The smallest absolute Gasteiger partial charge is 0.0540 e. The van der Waals surface area contributed by atoms with Crippen LogP contribution < -0.4 is 5.73 Å². The molecule has 0 saturated heterocycles. The van der Waals surface area contributed by atoms with E-state index in [9.17, 15) is 0 Å². The largest absolute Gasteiger partial charge is 0.393 e. The fourth-order valence-corrected chi connectivity index (χ4v) is 1.31. The van der Waals surface area contributed by atoms with Crippen molar-refractivity contribution < 1.29 is 5.11 Å². The van der Waals surface area contributed by atoms with Gasteiger partial charge in [0.05, 0.1) is 6.10 Å². The number of nitrogens with two attached hydrogens (primary N) is 1. The second-order valence-electron chi connectivity index (χ2n) is 2.92. The van der Waals surface area contributed by atoms with Gasteiger partial charge in [0, 0.05) is 6.04 Å². The van der Waals surface area contributed by atoms with Gasteiger partial charge in [0.15, 0.2) is 0 Å². The maximum absolute atomic E-state index is 9.15. The zero-order valence-electron chi connectivity index (χ0n) is 6.12. The molecule has 0 unspecified atom stereocenters. The van der Waals surface area contributed by atoms with E-state index in [1.54, 1.807) is 0 Å². The normalized spacial score (nSPS) is 34.2. The summed E-state index contributed by atoms with van der Waals surface area (Å²) in [5.74, 6) is 0. The van der Waals surface area contributed by atoms with Gasteiger partial charge in [-0.15, -0.1) is 12.4 Å². The molecular formula is C7H16ClNO. The number of aliphatic hydroxyl groups excluding tert-OH is 1. The van der Waals surface area contributed by atoms with E-state index in [2.05, 4.69) is 0 Å². The Morgan fingerprint density at radius 3 is 2.50 bits per heavy atom. The second-order valence-corrected chi connectivity index (χ2v) is 2.92. The summed E-state index contributed by atoms with van der Waals surface area (Å²) in [5, 5.41) is 9.15. The van der Waals surface area contributed by atoms with Gasteiger partial charge in [0.25, 0.3) is 0 Å². The minimum Gasteiger partial charge on any atom is -0.393 e. The molecule has 0 aromatic carbocycles. The van der Waals surface area contributed by atoms with Gasteiger partial charge in [-0.1, -0.05) is 0 Å². The standard InChI is InChI=1S/C7H15NO.ClH/c8-6-2-1-3-7(9)5-4-6;/h6-7,9H,1-5,8H2;1H/t6-,7+;/m1./s1. The van der Waals surface area contributed by atoms with Crippen LogP contribution in [0.2, 0.25) is 0 Å². The van der Waals surface area contributed by atoms with Crippen molar-refractivity contribution >= 4 is 12.4 Å². The van der Waals surface area contributed by atoms with E-state index in [0.717, 1.165) is 32.1 Å². The highest BCUT2D eigenvalue weighted by molar-refractivity contribution is 5.85. The Morgan fingerprint density at radius 1 is 1.10 bits per heavy atom. The first kappa shape index (κ1) is 10.2. The van der Waals surface area contributed by atoms with Crippen molar-refractivity contribution in [1.29, 1.82) is 0 Å². The van der Waals surface area contributed by atoms with Crippen LogP contribution >= 0.6 is 12.4 Å². The molecule has 1 saturated carbocycles. The van der Waals surface area contributed by atoms with Gasteiger partial charge in [0.2, 0.25) is 0 Å². The summed E-state index contributed by atoms with van der Waals surface area (Å²) in [7, 11) is 0. The predicted octanol–water partition coefficient (Wildman–Crippen LogP) is 1.06. The SMILES string of the molecule is Cl.N[C@@H]1CCC[C@H](O)CC1. The van der Waals surface area contributed by atoms with E-state index >= 15 is 0 Å². The molecule has 0 aliphatic heterocycles. The van der Waals surface area contributed by atoms with Crippen molar-refractivity contribution in [3.63, 3.8) is 0 Å². The lowest BCUT2D eigenvalue weighted by atomic mass is 10.1. The van der Waals surface area contributed by atoms with Crippen LogP contribution in [0.25, 0.3) is 0 Å². The Kier molecular flexibility index (Phi) is 5.04. The summed E-state index contributed by atoms with van der Waals surface area (Å²) < 4.78 is 0. The molecule has 0 aromatic rings. The molecule has 2 nitrogen and oxygen atoms in total. The van der Waals surface area contributed by atoms with Gasteiger partial charge in [0.1, 0.15) is 0 Å². The van der Waals surface area contributed by atoms with E-state index in [0.29, 0.717) is 6.04 Å². The van der Waals surface area contributed by atoms with Gasteiger partial charge >= 0.3 is 0 Å². The molecule has 2 atom stereocenters. The monoisotopic (exact) mass is 165 g/mol. The summed E-state index contributed by atoms with van der Waals surface area (Å²) >= 11 is 0. The number of hydrogen-bond donors (Lipinski definition) is 2. The molecule has 3 N–H and O–H groups in total. The average Bonchev–Trinajstić information content (AvgIpc) is 1.97. The second kappa shape index (κ2) is 4.94. The highest BCUT2D eigenvalue weighted by atomic mass is 35.5. The topological polar surface area (TPSA) is 46.2 Å². The van der Waals surface area contributed by atoms with Gasteiger partial charge in [-0.25, -0.2) is 0 Å². The third-order valence-corrected chi connectivity index (χ3v) is 1.98. The number of hydrogen-bond acceptors (Lipinski definition) is 2. The van der Waals surface area contributed by atoms with Crippen molar-refractivity contribution in [2.75, 3.05) is 0 Å². The number of halogens is 1. The zero-order chi connectivity index (χ0) is 6.69. The molecule has 1 rings (SSSR count). The first-order chi connectivity index (χ1) is 4.29. The van der Waals surface area contributed by atoms with Gasteiger partial charge in [-0.2, -0.15) is 0 Å². The van der Waals surface area contributed by atoms with Crippen LogP contribution in [0, 0.1) is 0 Å². The Labute approximate surface area is 68.2 Å². The Bertz CT molecular complexity index is 79.7. The van der Waals surface area contributed by atoms with E-state index < -0.39 is 0 Å². The lowest BCUT2D eigenvalue weighted by molar-refractivity contribution is 0.157. The van der Waals surface area contributed by atoms with Crippen LogP contribution in [0.4, 0.5) is 0 Å². The van der Waals surface area contributed by atoms with E-state index in [1.165, 1.54) is 0 Å². The lowest BCUT2D eigenvalue weighted by Crippen LogP contribution is -2.18. The third-order valence-electron chi connectivity index (χ3n) is 1.98. The third kappa shape index (κ3) is 3.40. The fraction of sp³-hybridized carbons (Fsp3) is 1.00. The molecule has 0 aromatic heterocycles. The Hall–Kier alpha value is 0.210. The predicted molar refractivity (Wildman–Crippen MR) is 44.3 cm³/mol. The number of rotatable bonds is 0. The maximum atomic E-state index is 9.15. The van der Waals surface area contributed by atoms with E-state index in [-0.39, 0.29) is 18.5 Å². The first-order valence-electron chi connectivity index (χ1n) is 3.72. The highest BCUT2D eigenvalue weighted by Gasteiger charge is 2.12. The molecule has 0 spiro atoms. The molecule has 1 aliphatic rings. The quantitative estimate of drug-likeness (QED) is 0.528. The summed E-state index contributed by atoms with van der Waals surface area (Å²) in [5.41, 5.74) is 5.69. The summed E-state index contributed by atoms with van der Waals surface area (Å²) in [6.45, 7) is 0. The van der Waals surface area contributed by atoms with Crippen LogP contribution in [0.15, 0.2) is 0 Å². The molecular weight excluding hydrogens is 150 g/mol. The van der Waals surface area contributed by atoms with Crippen molar-refractivity contribution in [1.82, 2.24) is 0 Å². The molecule has 1 aliphatic carbocycles. The molecule has 3 heteroatoms.